The number of aliphatic carboxylic acids is 1. The number of carboxylic acid groups (broad SMARTS) is 1. The smallest absolute Gasteiger partial charge is 0.305 e. The molecule has 150 valence electrons. The summed E-state index contributed by atoms with van der Waals surface area (Å²) in [6, 6.07) is 11.1. The number of H-pyrrole nitrogens is 1. The number of hydrogen-bond donors (Lipinski definition) is 3. The first-order chi connectivity index (χ1) is 13.8. The van der Waals surface area contributed by atoms with Crippen LogP contribution in [0.3, 0.4) is 0 Å². The molecule has 2 aromatic carbocycles. The lowest BCUT2D eigenvalue weighted by atomic mass is 10.0. The van der Waals surface area contributed by atoms with E-state index in [-0.39, 0.29) is 12.1 Å². The predicted octanol–water partition coefficient (Wildman–Crippen LogP) is 2.87. The molecule has 0 spiro atoms. The standard InChI is InChI=1S/C21H20FN3O4/c1-12-4-3-5-13(2)20(12)25-18(26)10-17(24-25)21(29)23-16(11-19(27)28)14-6-8-15(22)9-7-14/h3-10,16,24H,11H2,1-2H3,(H,23,29)(H,27,28). The molecule has 1 amide bonds. The van der Waals surface area contributed by atoms with Gasteiger partial charge in [-0.05, 0) is 42.7 Å². The highest BCUT2D eigenvalue weighted by Gasteiger charge is 2.21. The van der Waals surface area contributed by atoms with Gasteiger partial charge in [0, 0.05) is 6.07 Å². The average molecular weight is 397 g/mol. The van der Waals surface area contributed by atoms with Gasteiger partial charge in [-0.1, -0.05) is 30.3 Å². The molecule has 29 heavy (non-hydrogen) atoms. The van der Waals surface area contributed by atoms with Crippen molar-refractivity contribution in [2.24, 2.45) is 0 Å². The van der Waals surface area contributed by atoms with Crippen molar-refractivity contribution in [2.45, 2.75) is 26.3 Å². The third-order valence-electron chi connectivity index (χ3n) is 4.58. The number of hydrogen-bond acceptors (Lipinski definition) is 3. The number of para-hydroxylation sites is 1. The molecule has 0 bridgehead atoms. The molecule has 8 heteroatoms. The van der Waals surface area contributed by atoms with Gasteiger partial charge in [0.25, 0.3) is 11.5 Å². The minimum Gasteiger partial charge on any atom is -0.481 e. The summed E-state index contributed by atoms with van der Waals surface area (Å²) in [5.74, 6) is -2.23. The molecule has 7 nitrogen and oxygen atoms in total. The van der Waals surface area contributed by atoms with Crippen molar-refractivity contribution in [3.8, 4) is 5.69 Å². The SMILES string of the molecule is Cc1cccc(C)c1-n1[nH]c(C(=O)NC(CC(=O)O)c2ccc(F)cc2)cc1=O. The van der Waals surface area contributed by atoms with Crippen molar-refractivity contribution in [1.29, 1.82) is 0 Å². The van der Waals surface area contributed by atoms with Gasteiger partial charge in [0.2, 0.25) is 0 Å². The van der Waals surface area contributed by atoms with E-state index in [2.05, 4.69) is 10.4 Å². The lowest BCUT2D eigenvalue weighted by Gasteiger charge is -2.17. The number of aromatic amines is 1. The Hall–Kier alpha value is -3.68. The molecule has 3 aromatic rings. The number of halogens is 1. The van der Waals surface area contributed by atoms with Crippen LogP contribution in [-0.4, -0.2) is 26.8 Å². The summed E-state index contributed by atoms with van der Waals surface area (Å²) in [6.07, 6.45) is -0.390. The second kappa shape index (κ2) is 8.14. The molecule has 0 saturated heterocycles. The van der Waals surface area contributed by atoms with Crippen LogP contribution in [0.2, 0.25) is 0 Å². The number of aromatic nitrogens is 2. The zero-order chi connectivity index (χ0) is 21.1. The lowest BCUT2D eigenvalue weighted by molar-refractivity contribution is -0.137. The van der Waals surface area contributed by atoms with E-state index in [1.54, 1.807) is 0 Å². The maximum Gasteiger partial charge on any atom is 0.305 e. The first kappa shape index (κ1) is 20.1. The van der Waals surface area contributed by atoms with E-state index in [1.807, 2.05) is 32.0 Å². The number of benzene rings is 2. The Labute approximate surface area is 165 Å². The first-order valence-corrected chi connectivity index (χ1v) is 8.93. The maximum atomic E-state index is 13.2. The van der Waals surface area contributed by atoms with Gasteiger partial charge in [0.05, 0.1) is 18.2 Å². The van der Waals surface area contributed by atoms with E-state index in [9.17, 15) is 18.8 Å². The Morgan fingerprint density at radius 1 is 1.14 bits per heavy atom. The minimum atomic E-state index is -1.12. The van der Waals surface area contributed by atoms with Crippen LogP contribution in [0, 0.1) is 19.7 Å². The van der Waals surface area contributed by atoms with Gasteiger partial charge in [-0.25, -0.2) is 9.07 Å². The van der Waals surface area contributed by atoms with Crippen molar-refractivity contribution in [3.05, 3.63) is 87.1 Å². The van der Waals surface area contributed by atoms with Crippen LogP contribution in [0.1, 0.15) is 39.6 Å². The molecule has 3 rings (SSSR count). The highest BCUT2D eigenvalue weighted by atomic mass is 19.1. The Balaban J connectivity index is 1.90. The summed E-state index contributed by atoms with van der Waals surface area (Å²) in [4.78, 5) is 36.3. The number of nitrogens with zero attached hydrogens (tertiary/aromatic N) is 1. The van der Waals surface area contributed by atoms with E-state index in [4.69, 9.17) is 5.11 Å². The molecular weight excluding hydrogens is 377 g/mol. The normalized spacial score (nSPS) is 11.8. The lowest BCUT2D eigenvalue weighted by Crippen LogP contribution is -2.30. The van der Waals surface area contributed by atoms with Crippen LogP contribution in [0.25, 0.3) is 5.69 Å². The van der Waals surface area contributed by atoms with Gasteiger partial charge in [0.1, 0.15) is 11.5 Å². The fourth-order valence-electron chi connectivity index (χ4n) is 3.19. The third kappa shape index (κ3) is 4.43. The van der Waals surface area contributed by atoms with E-state index >= 15 is 0 Å². The predicted molar refractivity (Wildman–Crippen MR) is 105 cm³/mol. The van der Waals surface area contributed by atoms with Gasteiger partial charge in [-0.3, -0.25) is 19.5 Å². The molecule has 0 aliphatic carbocycles. The van der Waals surface area contributed by atoms with Gasteiger partial charge < -0.3 is 10.4 Å². The van der Waals surface area contributed by atoms with Crippen LogP contribution in [-0.2, 0) is 4.79 Å². The molecule has 1 aromatic heterocycles. The van der Waals surface area contributed by atoms with Crippen molar-refractivity contribution >= 4 is 11.9 Å². The van der Waals surface area contributed by atoms with Crippen LogP contribution in [0.4, 0.5) is 4.39 Å². The second-order valence-electron chi connectivity index (χ2n) is 6.76. The van der Waals surface area contributed by atoms with Gasteiger partial charge in [-0.15, -0.1) is 0 Å². The summed E-state index contributed by atoms with van der Waals surface area (Å²) in [5.41, 5.74) is 2.39. The molecule has 0 fully saturated rings. The average Bonchev–Trinajstić information content (AvgIpc) is 3.03. The van der Waals surface area contributed by atoms with Gasteiger partial charge >= 0.3 is 5.97 Å². The Morgan fingerprint density at radius 3 is 2.34 bits per heavy atom. The zero-order valence-corrected chi connectivity index (χ0v) is 15.9. The van der Waals surface area contributed by atoms with Crippen LogP contribution >= 0.6 is 0 Å². The molecule has 0 aliphatic heterocycles. The molecule has 0 radical (unpaired) electrons. The Morgan fingerprint density at radius 2 is 1.76 bits per heavy atom. The van der Waals surface area contributed by atoms with Crippen molar-refractivity contribution in [2.75, 3.05) is 0 Å². The highest BCUT2D eigenvalue weighted by Crippen LogP contribution is 2.19. The molecule has 0 aliphatic rings. The summed E-state index contributed by atoms with van der Waals surface area (Å²) < 4.78 is 14.4. The maximum absolute atomic E-state index is 13.2. The van der Waals surface area contributed by atoms with Crippen molar-refractivity contribution in [3.63, 3.8) is 0 Å². The molecular formula is C21H20FN3O4. The number of rotatable bonds is 6. The topological polar surface area (TPSA) is 104 Å². The zero-order valence-electron chi connectivity index (χ0n) is 15.9. The fourth-order valence-corrected chi connectivity index (χ4v) is 3.19. The second-order valence-corrected chi connectivity index (χ2v) is 6.76. The van der Waals surface area contributed by atoms with Crippen molar-refractivity contribution < 1.29 is 19.1 Å². The number of carboxylic acids is 1. The first-order valence-electron chi connectivity index (χ1n) is 8.93. The summed E-state index contributed by atoms with van der Waals surface area (Å²) in [6.45, 7) is 3.71. The number of carbonyl (C=O) groups excluding carboxylic acids is 1. The fraction of sp³-hybridized carbons (Fsp3) is 0.190. The van der Waals surface area contributed by atoms with Gasteiger partial charge in [-0.2, -0.15) is 0 Å². The van der Waals surface area contributed by atoms with Crippen LogP contribution in [0.5, 0.6) is 0 Å². The molecule has 3 N–H and O–H groups in total. The monoisotopic (exact) mass is 397 g/mol. The number of aryl methyl sites for hydroxylation is 2. The number of amides is 1. The van der Waals surface area contributed by atoms with Crippen LogP contribution in [0.15, 0.2) is 53.3 Å². The molecule has 1 unspecified atom stereocenters. The largest absolute Gasteiger partial charge is 0.481 e. The minimum absolute atomic E-state index is 0.00449. The summed E-state index contributed by atoms with van der Waals surface area (Å²) in [5, 5.41) is 14.5. The van der Waals surface area contributed by atoms with Crippen molar-refractivity contribution in [1.82, 2.24) is 15.1 Å². The summed E-state index contributed by atoms with van der Waals surface area (Å²) in [7, 11) is 0. The van der Waals surface area contributed by atoms with Gasteiger partial charge in [0.15, 0.2) is 0 Å². The Bertz CT molecular complexity index is 1100. The molecule has 0 saturated carbocycles. The van der Waals surface area contributed by atoms with E-state index in [0.717, 1.165) is 17.2 Å². The van der Waals surface area contributed by atoms with Crippen LogP contribution < -0.4 is 10.9 Å². The van der Waals surface area contributed by atoms with E-state index in [0.29, 0.717) is 11.3 Å². The number of carbonyl (C=O) groups is 2. The Kier molecular flexibility index (Phi) is 5.63. The third-order valence-corrected chi connectivity index (χ3v) is 4.58. The van der Waals surface area contributed by atoms with E-state index in [1.165, 1.54) is 28.9 Å². The molecule has 1 heterocycles. The quantitative estimate of drug-likeness (QED) is 0.595. The highest BCUT2D eigenvalue weighted by molar-refractivity contribution is 5.92. The van der Waals surface area contributed by atoms with E-state index < -0.39 is 29.3 Å². The molecule has 1 atom stereocenters. The number of nitrogens with one attached hydrogen (secondary N) is 2. The summed E-state index contributed by atoms with van der Waals surface area (Å²) >= 11 is 0.